The lowest BCUT2D eigenvalue weighted by Crippen LogP contribution is -2.38. The molecule has 2 aromatic rings. The van der Waals surface area contributed by atoms with Crippen molar-refractivity contribution < 1.29 is 0 Å². The van der Waals surface area contributed by atoms with E-state index < -0.39 is 0 Å². The monoisotopic (exact) mass is 501 g/mol. The number of aromatic nitrogens is 1. The van der Waals surface area contributed by atoms with Gasteiger partial charge in [0.05, 0.1) is 5.01 Å². The standard InChI is InChI=1S/C20H31N5S.HI/c1-5-21-20(23-14-12-19-24-15-16(2)26-19)22-13-6-7-17-8-10-18(11-9-17)25(3)4;/h8-11,15H,5-7,12-14H2,1-4H3,(H2,21,22,23);1H. The Morgan fingerprint density at radius 1 is 1.15 bits per heavy atom. The van der Waals surface area contributed by atoms with Crippen LogP contribution in [0.1, 0.15) is 28.8 Å². The molecule has 150 valence electrons. The Labute approximate surface area is 184 Å². The highest BCUT2D eigenvalue weighted by Gasteiger charge is 2.01. The molecule has 5 nitrogen and oxygen atoms in total. The summed E-state index contributed by atoms with van der Waals surface area (Å²) >= 11 is 1.76. The van der Waals surface area contributed by atoms with Crippen molar-refractivity contribution in [3.8, 4) is 0 Å². The number of guanidine groups is 1. The highest BCUT2D eigenvalue weighted by molar-refractivity contribution is 14.0. The van der Waals surface area contributed by atoms with Gasteiger partial charge in [0.2, 0.25) is 0 Å². The molecule has 0 atom stereocenters. The summed E-state index contributed by atoms with van der Waals surface area (Å²) in [4.78, 5) is 12.5. The van der Waals surface area contributed by atoms with Gasteiger partial charge in [0.1, 0.15) is 0 Å². The molecule has 0 bridgehead atoms. The fraction of sp³-hybridized carbons (Fsp3) is 0.500. The van der Waals surface area contributed by atoms with E-state index in [2.05, 4.69) is 77.7 Å². The van der Waals surface area contributed by atoms with E-state index in [1.165, 1.54) is 21.1 Å². The highest BCUT2D eigenvalue weighted by Crippen LogP contribution is 2.13. The molecule has 1 aromatic carbocycles. The quantitative estimate of drug-likeness (QED) is 0.237. The number of hydrogen-bond acceptors (Lipinski definition) is 4. The lowest BCUT2D eigenvalue weighted by atomic mass is 10.1. The van der Waals surface area contributed by atoms with Gasteiger partial charge in [-0.1, -0.05) is 12.1 Å². The van der Waals surface area contributed by atoms with Crippen LogP contribution in [0.3, 0.4) is 0 Å². The van der Waals surface area contributed by atoms with Gasteiger partial charge >= 0.3 is 0 Å². The third-order valence-corrected chi connectivity index (χ3v) is 4.96. The highest BCUT2D eigenvalue weighted by atomic mass is 127. The van der Waals surface area contributed by atoms with Gasteiger partial charge < -0.3 is 15.5 Å². The second-order valence-corrected chi connectivity index (χ2v) is 7.79. The predicted octanol–water partition coefficient (Wildman–Crippen LogP) is 3.87. The second-order valence-electron chi connectivity index (χ2n) is 6.47. The topological polar surface area (TPSA) is 52.6 Å². The second kappa shape index (κ2) is 12.9. The van der Waals surface area contributed by atoms with Crippen molar-refractivity contribution in [2.45, 2.75) is 33.1 Å². The first-order chi connectivity index (χ1) is 12.6. The molecule has 27 heavy (non-hydrogen) atoms. The minimum Gasteiger partial charge on any atom is -0.378 e. The van der Waals surface area contributed by atoms with E-state index in [0.29, 0.717) is 0 Å². The van der Waals surface area contributed by atoms with E-state index in [9.17, 15) is 0 Å². The number of halogens is 1. The largest absolute Gasteiger partial charge is 0.378 e. The van der Waals surface area contributed by atoms with E-state index in [-0.39, 0.29) is 24.0 Å². The van der Waals surface area contributed by atoms with Gasteiger partial charge in [0.15, 0.2) is 5.96 Å². The Hall–Kier alpha value is -1.35. The Bertz CT molecular complexity index is 682. The number of rotatable bonds is 9. The molecule has 1 heterocycles. The number of benzene rings is 1. The molecule has 7 heteroatoms. The summed E-state index contributed by atoms with van der Waals surface area (Å²) in [7, 11) is 4.13. The lowest BCUT2D eigenvalue weighted by molar-refractivity contribution is 0.775. The molecule has 0 spiro atoms. The maximum Gasteiger partial charge on any atom is 0.191 e. The first-order valence-electron chi connectivity index (χ1n) is 9.28. The summed E-state index contributed by atoms with van der Waals surface area (Å²) in [5, 5.41) is 7.88. The summed E-state index contributed by atoms with van der Waals surface area (Å²) in [5.74, 6) is 0.892. The van der Waals surface area contributed by atoms with Crippen LogP contribution >= 0.6 is 35.3 Å². The zero-order chi connectivity index (χ0) is 18.8. The number of aliphatic imine (C=N–C) groups is 1. The molecule has 0 saturated heterocycles. The van der Waals surface area contributed by atoms with Crippen molar-refractivity contribution in [3.05, 3.63) is 45.9 Å². The molecule has 0 unspecified atom stereocenters. The van der Waals surface area contributed by atoms with Gasteiger partial charge in [0, 0.05) is 56.9 Å². The third kappa shape index (κ3) is 8.92. The zero-order valence-corrected chi connectivity index (χ0v) is 19.9. The van der Waals surface area contributed by atoms with E-state index in [4.69, 9.17) is 0 Å². The SMILES string of the molecule is CCNC(=NCCCc1ccc(N(C)C)cc1)NCCc1ncc(C)s1.I. The molecular formula is C20H32IN5S. The summed E-state index contributed by atoms with van der Waals surface area (Å²) in [6.07, 6.45) is 4.96. The Morgan fingerprint density at radius 2 is 1.89 bits per heavy atom. The van der Waals surface area contributed by atoms with Gasteiger partial charge in [-0.2, -0.15) is 0 Å². The molecule has 0 radical (unpaired) electrons. The van der Waals surface area contributed by atoms with Crippen molar-refractivity contribution >= 4 is 47.0 Å². The molecule has 2 rings (SSSR count). The normalized spacial score (nSPS) is 11.0. The smallest absolute Gasteiger partial charge is 0.191 e. The van der Waals surface area contributed by atoms with Crippen LogP contribution in [0, 0.1) is 6.92 Å². The van der Waals surface area contributed by atoms with E-state index in [1.54, 1.807) is 11.3 Å². The van der Waals surface area contributed by atoms with Crippen LogP contribution in [0.25, 0.3) is 0 Å². The van der Waals surface area contributed by atoms with Gasteiger partial charge in [0.25, 0.3) is 0 Å². The fourth-order valence-corrected chi connectivity index (χ4v) is 3.37. The van der Waals surface area contributed by atoms with Gasteiger partial charge in [-0.15, -0.1) is 35.3 Å². The first-order valence-corrected chi connectivity index (χ1v) is 10.1. The van der Waals surface area contributed by atoms with Crippen LogP contribution in [0.15, 0.2) is 35.5 Å². The van der Waals surface area contributed by atoms with Gasteiger partial charge in [-0.25, -0.2) is 4.98 Å². The Kier molecular flexibility index (Phi) is 11.3. The van der Waals surface area contributed by atoms with E-state index in [0.717, 1.165) is 44.9 Å². The molecule has 0 aliphatic carbocycles. The fourth-order valence-electron chi connectivity index (χ4n) is 2.58. The van der Waals surface area contributed by atoms with E-state index in [1.807, 2.05) is 6.20 Å². The van der Waals surface area contributed by atoms with E-state index >= 15 is 0 Å². The van der Waals surface area contributed by atoms with Crippen LogP contribution < -0.4 is 15.5 Å². The summed E-state index contributed by atoms with van der Waals surface area (Å²) in [5.41, 5.74) is 2.60. The first kappa shape index (κ1) is 23.7. The molecule has 1 aromatic heterocycles. The average molecular weight is 501 g/mol. The molecule has 2 N–H and O–H groups in total. The molecule has 0 amide bonds. The lowest BCUT2D eigenvalue weighted by Gasteiger charge is -2.12. The summed E-state index contributed by atoms with van der Waals surface area (Å²) in [6.45, 7) is 6.72. The van der Waals surface area contributed by atoms with Crippen LogP contribution in [0.4, 0.5) is 5.69 Å². The van der Waals surface area contributed by atoms with Gasteiger partial charge in [-0.3, -0.25) is 4.99 Å². The van der Waals surface area contributed by atoms with Crippen molar-refractivity contribution in [2.75, 3.05) is 38.6 Å². The maximum absolute atomic E-state index is 4.68. The minimum absolute atomic E-state index is 0. The van der Waals surface area contributed by atoms with Crippen molar-refractivity contribution in [1.29, 1.82) is 0 Å². The third-order valence-electron chi connectivity index (χ3n) is 3.99. The Balaban J connectivity index is 0.00000364. The average Bonchev–Trinajstić information content (AvgIpc) is 3.04. The molecule has 0 saturated carbocycles. The number of nitrogens with zero attached hydrogens (tertiary/aromatic N) is 3. The molecule has 0 aliphatic heterocycles. The predicted molar refractivity (Wildman–Crippen MR) is 129 cm³/mol. The number of aryl methyl sites for hydroxylation is 2. The van der Waals surface area contributed by atoms with Crippen LogP contribution in [0.5, 0.6) is 0 Å². The van der Waals surface area contributed by atoms with Crippen molar-refractivity contribution in [1.82, 2.24) is 15.6 Å². The minimum atomic E-state index is 0. The van der Waals surface area contributed by atoms with Crippen molar-refractivity contribution in [3.63, 3.8) is 0 Å². The molecular weight excluding hydrogens is 469 g/mol. The number of nitrogens with one attached hydrogen (secondary N) is 2. The van der Waals surface area contributed by atoms with Crippen LogP contribution in [-0.4, -0.2) is 44.7 Å². The summed E-state index contributed by atoms with van der Waals surface area (Å²) in [6, 6.07) is 8.76. The Morgan fingerprint density at radius 3 is 2.48 bits per heavy atom. The van der Waals surface area contributed by atoms with Crippen LogP contribution in [-0.2, 0) is 12.8 Å². The van der Waals surface area contributed by atoms with Crippen molar-refractivity contribution in [2.24, 2.45) is 4.99 Å². The number of thiazole rings is 1. The molecule has 0 fully saturated rings. The number of hydrogen-bond donors (Lipinski definition) is 2. The van der Waals surface area contributed by atoms with Gasteiger partial charge in [-0.05, 0) is 44.4 Å². The zero-order valence-electron chi connectivity index (χ0n) is 16.8. The number of anilines is 1. The molecule has 0 aliphatic rings. The maximum atomic E-state index is 4.68. The summed E-state index contributed by atoms with van der Waals surface area (Å²) < 4.78 is 0. The van der Waals surface area contributed by atoms with Crippen LogP contribution in [0.2, 0.25) is 0 Å².